The largest absolute Gasteiger partial charge is 0.352 e. The molecule has 0 bridgehead atoms. The third-order valence-corrected chi connectivity index (χ3v) is 4.37. The third kappa shape index (κ3) is 3.04. The Labute approximate surface area is 121 Å². The second kappa shape index (κ2) is 5.96. The number of hydrogen-bond donors (Lipinski definition) is 2. The lowest BCUT2D eigenvalue weighted by molar-refractivity contribution is 0.0946. The highest BCUT2D eigenvalue weighted by Gasteiger charge is 2.27. The summed E-state index contributed by atoms with van der Waals surface area (Å²) >= 11 is 0. The Hall–Kier alpha value is -1.35. The Kier molecular flexibility index (Phi) is 4.06. The lowest BCUT2D eigenvalue weighted by atomic mass is 9.93. The fourth-order valence-corrected chi connectivity index (χ4v) is 2.99. The second-order valence-corrected chi connectivity index (χ2v) is 6.11. The first-order chi connectivity index (χ1) is 9.78. The number of fused-ring (bicyclic) bond motifs is 1. The SMILES string of the molecule is CCCNC(CC1CC1)c1ccc2c(c1)C(=O)NCC2. The molecule has 2 aliphatic rings. The molecule has 1 saturated carbocycles. The number of benzene rings is 1. The van der Waals surface area contributed by atoms with E-state index >= 15 is 0 Å². The maximum atomic E-state index is 12.0. The lowest BCUT2D eigenvalue weighted by Gasteiger charge is -2.22. The van der Waals surface area contributed by atoms with Gasteiger partial charge in [0.15, 0.2) is 0 Å². The van der Waals surface area contributed by atoms with Gasteiger partial charge in [-0.1, -0.05) is 31.9 Å². The molecule has 0 aromatic heterocycles. The minimum absolute atomic E-state index is 0.0914. The lowest BCUT2D eigenvalue weighted by Crippen LogP contribution is -2.32. The fraction of sp³-hybridized carbons (Fsp3) is 0.588. The van der Waals surface area contributed by atoms with Crippen molar-refractivity contribution < 1.29 is 4.79 Å². The number of carbonyl (C=O) groups excluding carboxylic acids is 1. The predicted molar refractivity (Wildman–Crippen MR) is 80.9 cm³/mol. The van der Waals surface area contributed by atoms with Crippen molar-refractivity contribution in [1.82, 2.24) is 10.6 Å². The van der Waals surface area contributed by atoms with Crippen molar-refractivity contribution in [3.8, 4) is 0 Å². The van der Waals surface area contributed by atoms with E-state index in [4.69, 9.17) is 0 Å². The average Bonchev–Trinajstić information content (AvgIpc) is 3.28. The first-order valence-corrected chi connectivity index (χ1v) is 7.92. The molecule has 1 aromatic rings. The van der Waals surface area contributed by atoms with E-state index in [1.54, 1.807) is 0 Å². The average molecular weight is 272 g/mol. The van der Waals surface area contributed by atoms with Crippen LogP contribution in [0.4, 0.5) is 0 Å². The van der Waals surface area contributed by atoms with Crippen LogP contribution in [0.2, 0.25) is 0 Å². The van der Waals surface area contributed by atoms with Crippen molar-refractivity contribution in [2.24, 2.45) is 5.92 Å². The first-order valence-electron chi connectivity index (χ1n) is 7.92. The summed E-state index contributed by atoms with van der Waals surface area (Å²) in [7, 11) is 0. The fourth-order valence-electron chi connectivity index (χ4n) is 2.99. The number of amides is 1. The molecule has 1 unspecified atom stereocenters. The van der Waals surface area contributed by atoms with Crippen LogP contribution in [0.15, 0.2) is 18.2 Å². The zero-order valence-corrected chi connectivity index (χ0v) is 12.2. The molecule has 3 rings (SSSR count). The van der Waals surface area contributed by atoms with Gasteiger partial charge in [0, 0.05) is 18.2 Å². The van der Waals surface area contributed by atoms with Crippen molar-refractivity contribution in [1.29, 1.82) is 0 Å². The van der Waals surface area contributed by atoms with E-state index in [1.807, 2.05) is 0 Å². The molecule has 3 nitrogen and oxygen atoms in total. The van der Waals surface area contributed by atoms with E-state index in [2.05, 4.69) is 35.8 Å². The van der Waals surface area contributed by atoms with E-state index in [1.165, 1.54) is 30.4 Å². The smallest absolute Gasteiger partial charge is 0.251 e. The van der Waals surface area contributed by atoms with E-state index in [0.717, 1.165) is 37.4 Å². The van der Waals surface area contributed by atoms with Crippen LogP contribution in [-0.2, 0) is 6.42 Å². The number of hydrogen-bond acceptors (Lipinski definition) is 2. The topological polar surface area (TPSA) is 41.1 Å². The quantitative estimate of drug-likeness (QED) is 0.836. The van der Waals surface area contributed by atoms with Gasteiger partial charge in [0.25, 0.3) is 5.91 Å². The molecule has 0 saturated heterocycles. The Bertz CT molecular complexity index is 494. The van der Waals surface area contributed by atoms with Gasteiger partial charge in [0.1, 0.15) is 0 Å². The van der Waals surface area contributed by atoms with E-state index in [-0.39, 0.29) is 5.91 Å². The van der Waals surface area contributed by atoms with Crippen molar-refractivity contribution in [3.05, 3.63) is 34.9 Å². The summed E-state index contributed by atoms with van der Waals surface area (Å²) in [6, 6.07) is 6.88. The molecule has 1 atom stereocenters. The maximum Gasteiger partial charge on any atom is 0.251 e. The zero-order chi connectivity index (χ0) is 13.9. The Morgan fingerprint density at radius 2 is 2.25 bits per heavy atom. The zero-order valence-electron chi connectivity index (χ0n) is 12.2. The Morgan fingerprint density at radius 3 is 3.00 bits per heavy atom. The van der Waals surface area contributed by atoms with Crippen LogP contribution < -0.4 is 10.6 Å². The summed E-state index contributed by atoms with van der Waals surface area (Å²) in [6.07, 6.45) is 6.05. The van der Waals surface area contributed by atoms with Crippen molar-refractivity contribution in [2.75, 3.05) is 13.1 Å². The molecule has 1 fully saturated rings. The normalized spacial score (nSPS) is 19.4. The van der Waals surface area contributed by atoms with Crippen molar-refractivity contribution in [3.63, 3.8) is 0 Å². The summed E-state index contributed by atoms with van der Waals surface area (Å²) in [5.74, 6) is 0.975. The minimum Gasteiger partial charge on any atom is -0.352 e. The summed E-state index contributed by atoms with van der Waals surface area (Å²) in [6.45, 7) is 4.01. The van der Waals surface area contributed by atoms with Crippen LogP contribution in [0.25, 0.3) is 0 Å². The molecule has 1 amide bonds. The third-order valence-electron chi connectivity index (χ3n) is 4.37. The number of carbonyl (C=O) groups is 1. The van der Waals surface area contributed by atoms with Gasteiger partial charge in [-0.3, -0.25) is 4.79 Å². The summed E-state index contributed by atoms with van der Waals surface area (Å²) in [5, 5.41) is 6.59. The molecule has 20 heavy (non-hydrogen) atoms. The molecule has 1 heterocycles. The van der Waals surface area contributed by atoms with E-state index in [9.17, 15) is 4.79 Å². The van der Waals surface area contributed by atoms with Gasteiger partial charge >= 0.3 is 0 Å². The summed E-state index contributed by atoms with van der Waals surface area (Å²) in [4.78, 5) is 12.0. The van der Waals surface area contributed by atoms with Gasteiger partial charge in [-0.15, -0.1) is 0 Å². The summed E-state index contributed by atoms with van der Waals surface area (Å²) < 4.78 is 0. The highest BCUT2D eigenvalue weighted by atomic mass is 16.1. The number of nitrogens with one attached hydrogen (secondary N) is 2. The molecule has 0 spiro atoms. The van der Waals surface area contributed by atoms with Crippen LogP contribution in [0, 0.1) is 5.92 Å². The molecule has 0 radical (unpaired) electrons. The molecular formula is C17H24N2O. The van der Waals surface area contributed by atoms with Crippen LogP contribution in [-0.4, -0.2) is 19.0 Å². The highest BCUT2D eigenvalue weighted by molar-refractivity contribution is 5.96. The van der Waals surface area contributed by atoms with Gasteiger partial charge in [-0.2, -0.15) is 0 Å². The van der Waals surface area contributed by atoms with Crippen LogP contribution in [0.3, 0.4) is 0 Å². The van der Waals surface area contributed by atoms with Crippen LogP contribution >= 0.6 is 0 Å². The molecule has 1 aliphatic heterocycles. The monoisotopic (exact) mass is 272 g/mol. The molecular weight excluding hydrogens is 248 g/mol. The Balaban J connectivity index is 1.81. The minimum atomic E-state index is 0.0914. The van der Waals surface area contributed by atoms with Crippen LogP contribution in [0.1, 0.15) is 60.1 Å². The highest BCUT2D eigenvalue weighted by Crippen LogP contribution is 2.38. The van der Waals surface area contributed by atoms with Gasteiger partial charge < -0.3 is 10.6 Å². The van der Waals surface area contributed by atoms with Gasteiger partial charge in [-0.05, 0) is 48.9 Å². The van der Waals surface area contributed by atoms with Gasteiger partial charge in [-0.25, -0.2) is 0 Å². The van der Waals surface area contributed by atoms with Gasteiger partial charge in [0.05, 0.1) is 0 Å². The maximum absolute atomic E-state index is 12.0. The van der Waals surface area contributed by atoms with E-state index in [0.29, 0.717) is 6.04 Å². The molecule has 108 valence electrons. The molecule has 1 aliphatic carbocycles. The standard InChI is InChI=1S/C17H24N2O/c1-2-8-18-16(10-12-3-4-12)14-6-5-13-7-9-19-17(20)15(13)11-14/h5-6,11-12,16,18H,2-4,7-10H2,1H3,(H,19,20). The summed E-state index contributed by atoms with van der Waals surface area (Å²) in [5.41, 5.74) is 3.35. The van der Waals surface area contributed by atoms with E-state index < -0.39 is 0 Å². The predicted octanol–water partition coefficient (Wildman–Crippen LogP) is 2.81. The van der Waals surface area contributed by atoms with Crippen molar-refractivity contribution >= 4 is 5.91 Å². The first kappa shape index (κ1) is 13.6. The van der Waals surface area contributed by atoms with Crippen LogP contribution in [0.5, 0.6) is 0 Å². The molecule has 2 N–H and O–H groups in total. The van der Waals surface area contributed by atoms with Gasteiger partial charge in [0.2, 0.25) is 0 Å². The second-order valence-electron chi connectivity index (χ2n) is 6.11. The number of rotatable bonds is 6. The molecule has 1 aromatic carbocycles. The Morgan fingerprint density at radius 1 is 1.40 bits per heavy atom. The van der Waals surface area contributed by atoms with Crippen molar-refractivity contribution in [2.45, 2.75) is 45.1 Å². The molecule has 3 heteroatoms.